The monoisotopic (exact) mass is 239 g/mol. The molecule has 2 heterocycles. The van der Waals surface area contributed by atoms with Gasteiger partial charge in [0.05, 0.1) is 11.8 Å². The molecule has 4 nitrogen and oxygen atoms in total. The standard InChI is InChI=1S/C14H9NO3/c16-14(17)11-4-3-10(13-2-1-7-18-13)12-8-15-6-5-9(11)12/h1-8H,(H,16,17). The summed E-state index contributed by atoms with van der Waals surface area (Å²) in [5.74, 6) is -0.248. The van der Waals surface area contributed by atoms with E-state index in [4.69, 9.17) is 9.52 Å². The molecule has 1 aromatic carbocycles. The molecule has 0 saturated heterocycles. The molecule has 0 aliphatic rings. The van der Waals surface area contributed by atoms with Gasteiger partial charge in [-0.2, -0.15) is 0 Å². The quantitative estimate of drug-likeness (QED) is 0.745. The summed E-state index contributed by atoms with van der Waals surface area (Å²) in [7, 11) is 0. The number of carboxylic acids is 1. The Morgan fingerprint density at radius 1 is 1.17 bits per heavy atom. The van der Waals surface area contributed by atoms with Crippen molar-refractivity contribution in [1.82, 2.24) is 4.98 Å². The molecular formula is C14H9NO3. The van der Waals surface area contributed by atoms with Crippen molar-refractivity contribution in [3.63, 3.8) is 0 Å². The number of hydrogen-bond donors (Lipinski definition) is 1. The smallest absolute Gasteiger partial charge is 0.336 e. The van der Waals surface area contributed by atoms with Crippen LogP contribution in [-0.2, 0) is 0 Å². The molecule has 0 unspecified atom stereocenters. The van der Waals surface area contributed by atoms with Gasteiger partial charge in [-0.1, -0.05) is 0 Å². The third-order valence-corrected chi connectivity index (χ3v) is 2.84. The predicted octanol–water partition coefficient (Wildman–Crippen LogP) is 3.19. The molecule has 2 aromatic heterocycles. The molecule has 3 rings (SSSR count). The summed E-state index contributed by atoms with van der Waals surface area (Å²) in [4.78, 5) is 15.2. The average molecular weight is 239 g/mol. The van der Waals surface area contributed by atoms with Gasteiger partial charge in [0.1, 0.15) is 5.76 Å². The number of nitrogens with zero attached hydrogens (tertiary/aromatic N) is 1. The lowest BCUT2D eigenvalue weighted by Gasteiger charge is -2.06. The number of aromatic carboxylic acids is 1. The van der Waals surface area contributed by atoms with Crippen molar-refractivity contribution in [2.24, 2.45) is 0 Å². The summed E-state index contributed by atoms with van der Waals surface area (Å²) in [6.07, 6.45) is 4.82. The molecule has 0 aliphatic carbocycles. The van der Waals surface area contributed by atoms with Crippen LogP contribution in [0.25, 0.3) is 22.1 Å². The highest BCUT2D eigenvalue weighted by Crippen LogP contribution is 2.30. The number of carboxylic acid groups (broad SMARTS) is 1. The summed E-state index contributed by atoms with van der Waals surface area (Å²) in [5, 5.41) is 10.6. The lowest BCUT2D eigenvalue weighted by Crippen LogP contribution is -1.98. The van der Waals surface area contributed by atoms with Crippen LogP contribution in [0.1, 0.15) is 10.4 Å². The molecule has 0 spiro atoms. The topological polar surface area (TPSA) is 63.3 Å². The van der Waals surface area contributed by atoms with Crippen LogP contribution in [0.3, 0.4) is 0 Å². The van der Waals surface area contributed by atoms with Crippen LogP contribution in [0.4, 0.5) is 0 Å². The zero-order chi connectivity index (χ0) is 12.5. The Bertz CT molecular complexity index is 717. The van der Waals surface area contributed by atoms with Crippen LogP contribution < -0.4 is 0 Å². The Kier molecular flexibility index (Phi) is 2.34. The van der Waals surface area contributed by atoms with Crippen molar-refractivity contribution in [1.29, 1.82) is 0 Å². The van der Waals surface area contributed by atoms with E-state index in [2.05, 4.69) is 4.98 Å². The fourth-order valence-corrected chi connectivity index (χ4v) is 2.02. The number of furan rings is 1. The van der Waals surface area contributed by atoms with Crippen molar-refractivity contribution < 1.29 is 14.3 Å². The number of fused-ring (bicyclic) bond motifs is 1. The van der Waals surface area contributed by atoms with Crippen molar-refractivity contribution in [3.8, 4) is 11.3 Å². The third kappa shape index (κ3) is 1.55. The first-order valence-electron chi connectivity index (χ1n) is 5.41. The normalized spacial score (nSPS) is 10.7. The maximum Gasteiger partial charge on any atom is 0.336 e. The zero-order valence-corrected chi connectivity index (χ0v) is 9.33. The Hall–Kier alpha value is -2.62. The number of aromatic nitrogens is 1. The summed E-state index contributed by atoms with van der Waals surface area (Å²) >= 11 is 0. The SMILES string of the molecule is O=C(O)c1ccc(-c2ccco2)c2cnccc12. The van der Waals surface area contributed by atoms with Crippen LogP contribution in [0.5, 0.6) is 0 Å². The summed E-state index contributed by atoms with van der Waals surface area (Å²) < 4.78 is 5.35. The van der Waals surface area contributed by atoms with Crippen LogP contribution in [0.15, 0.2) is 53.4 Å². The molecule has 18 heavy (non-hydrogen) atoms. The predicted molar refractivity (Wildman–Crippen MR) is 66.4 cm³/mol. The molecule has 3 aromatic rings. The van der Waals surface area contributed by atoms with Gasteiger partial charge in [0.25, 0.3) is 0 Å². The van der Waals surface area contributed by atoms with E-state index in [9.17, 15) is 4.79 Å². The second-order valence-corrected chi connectivity index (χ2v) is 3.86. The molecule has 0 bridgehead atoms. The van der Waals surface area contributed by atoms with Crippen LogP contribution in [0.2, 0.25) is 0 Å². The van der Waals surface area contributed by atoms with E-state index in [1.54, 1.807) is 42.9 Å². The van der Waals surface area contributed by atoms with E-state index >= 15 is 0 Å². The van der Waals surface area contributed by atoms with E-state index in [1.807, 2.05) is 6.07 Å². The molecule has 88 valence electrons. The molecule has 4 heteroatoms. The highest BCUT2D eigenvalue weighted by Gasteiger charge is 2.13. The van der Waals surface area contributed by atoms with Gasteiger partial charge in [-0.05, 0) is 35.7 Å². The summed E-state index contributed by atoms with van der Waals surface area (Å²) in [6.45, 7) is 0. The van der Waals surface area contributed by atoms with Crippen LogP contribution >= 0.6 is 0 Å². The minimum atomic E-state index is -0.947. The van der Waals surface area contributed by atoms with Crippen molar-refractivity contribution in [2.45, 2.75) is 0 Å². The van der Waals surface area contributed by atoms with Gasteiger partial charge in [-0.15, -0.1) is 0 Å². The van der Waals surface area contributed by atoms with Gasteiger partial charge in [0, 0.05) is 23.3 Å². The highest BCUT2D eigenvalue weighted by molar-refractivity contribution is 6.07. The lowest BCUT2D eigenvalue weighted by molar-refractivity contribution is 0.0699. The second-order valence-electron chi connectivity index (χ2n) is 3.86. The fraction of sp³-hybridized carbons (Fsp3) is 0. The first-order chi connectivity index (χ1) is 8.77. The lowest BCUT2D eigenvalue weighted by atomic mass is 10.00. The van der Waals surface area contributed by atoms with Crippen molar-refractivity contribution >= 4 is 16.7 Å². The number of hydrogen-bond acceptors (Lipinski definition) is 3. The number of benzene rings is 1. The van der Waals surface area contributed by atoms with Gasteiger partial charge in [0.2, 0.25) is 0 Å². The van der Waals surface area contributed by atoms with Gasteiger partial charge in [0.15, 0.2) is 0 Å². The fourth-order valence-electron chi connectivity index (χ4n) is 2.02. The Labute approximate surface area is 103 Å². The summed E-state index contributed by atoms with van der Waals surface area (Å²) in [6, 6.07) is 8.66. The molecular weight excluding hydrogens is 230 g/mol. The van der Waals surface area contributed by atoms with Gasteiger partial charge in [-0.3, -0.25) is 4.98 Å². The molecule has 0 aliphatic heterocycles. The Balaban J connectivity index is 2.37. The van der Waals surface area contributed by atoms with E-state index in [0.717, 1.165) is 10.9 Å². The van der Waals surface area contributed by atoms with E-state index < -0.39 is 5.97 Å². The van der Waals surface area contributed by atoms with Gasteiger partial charge in [-0.25, -0.2) is 4.79 Å². The maximum atomic E-state index is 11.2. The van der Waals surface area contributed by atoms with Crippen LogP contribution in [0, 0.1) is 0 Å². The molecule has 1 N–H and O–H groups in total. The zero-order valence-electron chi connectivity index (χ0n) is 9.33. The van der Waals surface area contributed by atoms with E-state index in [-0.39, 0.29) is 5.56 Å². The number of carbonyl (C=O) groups is 1. The number of rotatable bonds is 2. The third-order valence-electron chi connectivity index (χ3n) is 2.84. The Morgan fingerprint density at radius 2 is 2.06 bits per heavy atom. The van der Waals surface area contributed by atoms with Crippen molar-refractivity contribution in [2.75, 3.05) is 0 Å². The van der Waals surface area contributed by atoms with Crippen LogP contribution in [-0.4, -0.2) is 16.1 Å². The maximum absolute atomic E-state index is 11.2. The first-order valence-corrected chi connectivity index (χ1v) is 5.41. The molecule has 0 amide bonds. The van der Waals surface area contributed by atoms with E-state index in [1.165, 1.54) is 0 Å². The largest absolute Gasteiger partial charge is 0.478 e. The molecule has 0 atom stereocenters. The minimum Gasteiger partial charge on any atom is -0.478 e. The Morgan fingerprint density at radius 3 is 2.78 bits per heavy atom. The first kappa shape index (κ1) is 10.5. The second kappa shape index (κ2) is 4.00. The van der Waals surface area contributed by atoms with Gasteiger partial charge < -0.3 is 9.52 Å². The molecule has 0 saturated carbocycles. The van der Waals surface area contributed by atoms with Crippen molar-refractivity contribution in [3.05, 3.63) is 54.6 Å². The summed E-state index contributed by atoms with van der Waals surface area (Å²) in [5.41, 5.74) is 1.11. The highest BCUT2D eigenvalue weighted by atomic mass is 16.4. The number of pyridine rings is 1. The molecule has 0 fully saturated rings. The van der Waals surface area contributed by atoms with E-state index in [0.29, 0.717) is 11.1 Å². The molecule has 0 radical (unpaired) electrons. The average Bonchev–Trinajstić information content (AvgIpc) is 2.91. The minimum absolute atomic E-state index is 0.266. The van der Waals surface area contributed by atoms with Gasteiger partial charge >= 0.3 is 5.97 Å².